The van der Waals surface area contributed by atoms with Crippen molar-refractivity contribution in [3.8, 4) is 0 Å². The molecule has 0 aliphatic heterocycles. The van der Waals surface area contributed by atoms with Gasteiger partial charge in [-0.3, -0.25) is 0 Å². The minimum Gasteiger partial charge on any atom is -0.307 e. The van der Waals surface area contributed by atoms with Crippen LogP contribution in [0.2, 0.25) is 0 Å². The number of hydrogen-bond donors (Lipinski definition) is 1. The summed E-state index contributed by atoms with van der Waals surface area (Å²) >= 11 is -0.0424. The Morgan fingerprint density at radius 3 is 2.40 bits per heavy atom. The molecule has 0 aromatic heterocycles. The molecular weight excluding hydrogens is 223 g/mol. The molecule has 15 heavy (non-hydrogen) atoms. The molecule has 0 bridgehead atoms. The molecule has 0 aliphatic carbocycles. The summed E-state index contributed by atoms with van der Waals surface area (Å²) in [5.74, 6) is -0.0870. The number of nitrogens with one attached hydrogen (secondary N) is 1. The van der Waals surface area contributed by atoms with Crippen molar-refractivity contribution in [3.05, 3.63) is 35.9 Å². The van der Waals surface area contributed by atoms with Crippen molar-refractivity contribution < 1.29 is 13.2 Å². The predicted octanol–water partition coefficient (Wildman–Crippen LogP) is 3.03. The third kappa shape index (κ3) is 6.41. The summed E-state index contributed by atoms with van der Waals surface area (Å²) < 4.78 is 35.2. The van der Waals surface area contributed by atoms with Gasteiger partial charge >= 0.3 is 5.51 Å². The van der Waals surface area contributed by atoms with Crippen LogP contribution in [-0.4, -0.2) is 17.9 Å². The first-order chi connectivity index (χ1) is 7.08. The van der Waals surface area contributed by atoms with E-state index in [9.17, 15) is 13.2 Å². The molecule has 0 saturated heterocycles. The molecule has 1 rings (SSSR count). The zero-order chi connectivity index (χ0) is 11.1. The van der Waals surface area contributed by atoms with Crippen LogP contribution in [0.1, 0.15) is 5.56 Å². The Labute approximate surface area is 91.1 Å². The Bertz CT molecular complexity index is 274. The first-order valence-corrected chi connectivity index (χ1v) is 5.52. The lowest BCUT2D eigenvalue weighted by Crippen LogP contribution is -2.19. The van der Waals surface area contributed by atoms with Crippen LogP contribution in [0, 0.1) is 0 Å². The summed E-state index contributed by atoms with van der Waals surface area (Å²) in [5, 5.41) is 2.73. The van der Waals surface area contributed by atoms with Gasteiger partial charge in [-0.2, -0.15) is 13.2 Å². The molecule has 1 aromatic rings. The maximum atomic E-state index is 11.7. The number of benzene rings is 1. The largest absolute Gasteiger partial charge is 0.443 e. The van der Waals surface area contributed by atoms with Crippen molar-refractivity contribution in [1.82, 2.24) is 5.32 Å². The fraction of sp³-hybridized carbons (Fsp3) is 0.400. The predicted molar refractivity (Wildman–Crippen MR) is 56.7 cm³/mol. The molecule has 0 saturated carbocycles. The van der Waals surface area contributed by atoms with Gasteiger partial charge in [-0.15, -0.1) is 0 Å². The fourth-order valence-corrected chi connectivity index (χ4v) is 1.49. The Morgan fingerprint density at radius 1 is 1.13 bits per heavy atom. The van der Waals surface area contributed by atoms with E-state index in [1.54, 1.807) is 0 Å². The fourth-order valence-electron chi connectivity index (χ4n) is 1.08. The summed E-state index contributed by atoms with van der Waals surface area (Å²) in [7, 11) is 0. The number of rotatable bonds is 5. The Balaban J connectivity index is 2.08. The van der Waals surface area contributed by atoms with Crippen molar-refractivity contribution in [2.45, 2.75) is 11.9 Å². The van der Waals surface area contributed by atoms with Crippen LogP contribution >= 0.6 is 11.8 Å². The molecule has 5 heteroatoms. The molecule has 0 heterocycles. The molecule has 0 radical (unpaired) electrons. The van der Waals surface area contributed by atoms with Crippen LogP contribution in [0.3, 0.4) is 0 Å². The summed E-state index contributed by atoms with van der Waals surface area (Å²) in [6.45, 7) is 0.563. The highest BCUT2D eigenvalue weighted by molar-refractivity contribution is 8.00. The summed E-state index contributed by atoms with van der Waals surface area (Å²) in [5.41, 5.74) is -3.01. The minimum absolute atomic E-state index is 0.0424. The van der Waals surface area contributed by atoms with E-state index in [2.05, 4.69) is 5.32 Å². The molecule has 84 valence electrons. The van der Waals surface area contributed by atoms with Gasteiger partial charge in [0.2, 0.25) is 0 Å². The van der Waals surface area contributed by atoms with E-state index in [4.69, 9.17) is 0 Å². The number of thioether (sulfide) groups is 1. The highest BCUT2D eigenvalue weighted by atomic mass is 32.2. The number of hydrogen-bond acceptors (Lipinski definition) is 2. The number of halogens is 3. The van der Waals surface area contributed by atoms with E-state index in [1.165, 1.54) is 0 Å². The first-order valence-electron chi connectivity index (χ1n) is 4.53. The molecule has 0 unspecified atom stereocenters. The van der Waals surface area contributed by atoms with Crippen molar-refractivity contribution in [3.63, 3.8) is 0 Å². The van der Waals surface area contributed by atoms with Gasteiger partial charge in [-0.25, -0.2) is 0 Å². The molecule has 1 nitrogen and oxygen atoms in total. The maximum Gasteiger partial charge on any atom is 0.443 e. The van der Waals surface area contributed by atoms with Gasteiger partial charge in [0.05, 0.1) is 5.88 Å². The van der Waals surface area contributed by atoms with Crippen LogP contribution in [0.4, 0.5) is 13.2 Å². The average molecular weight is 235 g/mol. The van der Waals surface area contributed by atoms with Gasteiger partial charge in [0.25, 0.3) is 0 Å². The lowest BCUT2D eigenvalue weighted by molar-refractivity contribution is -0.0328. The summed E-state index contributed by atoms with van der Waals surface area (Å²) in [6, 6.07) is 9.66. The smallest absolute Gasteiger partial charge is 0.307 e. The van der Waals surface area contributed by atoms with Gasteiger partial charge in [-0.1, -0.05) is 30.3 Å². The molecule has 1 N–H and O–H groups in total. The monoisotopic (exact) mass is 235 g/mol. The standard InChI is InChI=1S/C10H12F3NS/c11-10(12,13)15-8-14-7-6-9-4-2-1-3-5-9/h1-5,14H,6-8H2. The second-order valence-electron chi connectivity index (χ2n) is 2.97. The quantitative estimate of drug-likeness (QED) is 0.622. The second-order valence-corrected chi connectivity index (χ2v) is 4.01. The molecular formula is C10H12F3NS. The maximum absolute atomic E-state index is 11.7. The Morgan fingerprint density at radius 2 is 1.80 bits per heavy atom. The van der Waals surface area contributed by atoms with E-state index in [0.717, 1.165) is 12.0 Å². The highest BCUT2D eigenvalue weighted by Gasteiger charge is 2.27. The van der Waals surface area contributed by atoms with E-state index in [-0.39, 0.29) is 17.6 Å². The van der Waals surface area contributed by atoms with Gasteiger partial charge in [0, 0.05) is 0 Å². The van der Waals surface area contributed by atoms with Crippen LogP contribution < -0.4 is 5.32 Å². The van der Waals surface area contributed by atoms with E-state index < -0.39 is 5.51 Å². The third-order valence-electron chi connectivity index (χ3n) is 1.77. The normalized spacial score (nSPS) is 11.7. The second kappa shape index (κ2) is 6.02. The molecule has 1 aromatic carbocycles. The molecule has 0 fully saturated rings. The minimum atomic E-state index is -4.14. The van der Waals surface area contributed by atoms with Crippen molar-refractivity contribution in [1.29, 1.82) is 0 Å². The van der Waals surface area contributed by atoms with Crippen molar-refractivity contribution in [2.75, 3.05) is 12.4 Å². The van der Waals surface area contributed by atoms with Gasteiger partial charge in [0.15, 0.2) is 0 Å². The average Bonchev–Trinajstić information content (AvgIpc) is 2.17. The Kier molecular flexibility index (Phi) is 4.98. The number of alkyl halides is 3. The van der Waals surface area contributed by atoms with Crippen LogP contribution in [0.5, 0.6) is 0 Å². The van der Waals surface area contributed by atoms with Gasteiger partial charge in [0.1, 0.15) is 0 Å². The van der Waals surface area contributed by atoms with Crippen molar-refractivity contribution >= 4 is 11.8 Å². The molecule has 0 atom stereocenters. The summed E-state index contributed by atoms with van der Waals surface area (Å²) in [4.78, 5) is 0. The van der Waals surface area contributed by atoms with Gasteiger partial charge < -0.3 is 5.32 Å². The van der Waals surface area contributed by atoms with Crippen molar-refractivity contribution in [2.24, 2.45) is 0 Å². The zero-order valence-electron chi connectivity index (χ0n) is 8.05. The lowest BCUT2D eigenvalue weighted by Gasteiger charge is -2.06. The first kappa shape index (κ1) is 12.4. The van der Waals surface area contributed by atoms with E-state index in [0.29, 0.717) is 6.54 Å². The lowest BCUT2D eigenvalue weighted by atomic mass is 10.2. The van der Waals surface area contributed by atoms with Crippen LogP contribution in [-0.2, 0) is 6.42 Å². The van der Waals surface area contributed by atoms with Crippen LogP contribution in [0.25, 0.3) is 0 Å². The SMILES string of the molecule is FC(F)(F)SCNCCc1ccccc1. The van der Waals surface area contributed by atoms with Crippen LogP contribution in [0.15, 0.2) is 30.3 Å². The van der Waals surface area contributed by atoms with E-state index >= 15 is 0 Å². The topological polar surface area (TPSA) is 12.0 Å². The molecule has 0 spiro atoms. The zero-order valence-corrected chi connectivity index (χ0v) is 8.87. The van der Waals surface area contributed by atoms with E-state index in [1.807, 2.05) is 30.3 Å². The summed E-state index contributed by atoms with van der Waals surface area (Å²) in [6.07, 6.45) is 0.749. The Hall–Kier alpha value is -0.680. The highest BCUT2D eigenvalue weighted by Crippen LogP contribution is 2.28. The molecule has 0 aliphatic rings. The third-order valence-corrected chi connectivity index (χ3v) is 2.45. The molecule has 0 amide bonds. The van der Waals surface area contributed by atoms with Gasteiger partial charge in [-0.05, 0) is 30.3 Å².